The van der Waals surface area contributed by atoms with Crippen molar-refractivity contribution < 1.29 is 14.5 Å². The van der Waals surface area contributed by atoms with Crippen molar-refractivity contribution in [1.29, 1.82) is 0 Å². The maximum absolute atomic E-state index is 13.4. The van der Waals surface area contributed by atoms with Gasteiger partial charge >= 0.3 is 12.1 Å². The van der Waals surface area contributed by atoms with Crippen LogP contribution < -0.4 is 9.80 Å². The molecule has 138 valence electrons. The molecule has 0 saturated carbocycles. The van der Waals surface area contributed by atoms with Crippen LogP contribution in [0.4, 0.5) is 21.0 Å². The molecule has 4 amide bonds. The van der Waals surface area contributed by atoms with E-state index in [0.717, 1.165) is 4.90 Å². The number of urea groups is 2. The van der Waals surface area contributed by atoms with Crippen molar-refractivity contribution >= 4 is 23.4 Å². The number of carbonyl (C=O) groups excluding carboxylic acids is 2. The minimum Gasteiger partial charge on any atom is -0.294 e. The van der Waals surface area contributed by atoms with E-state index in [1.54, 1.807) is 54.6 Å². The second kappa shape index (κ2) is 6.39. The Hall–Kier alpha value is -3.42. The lowest BCUT2D eigenvalue weighted by Gasteiger charge is -2.50. The summed E-state index contributed by atoms with van der Waals surface area (Å²) in [5.74, 6) is 0. The van der Waals surface area contributed by atoms with Crippen molar-refractivity contribution in [2.75, 3.05) is 22.9 Å². The van der Waals surface area contributed by atoms with Gasteiger partial charge in [-0.1, -0.05) is 36.4 Å². The zero-order chi connectivity index (χ0) is 19.0. The highest BCUT2D eigenvalue weighted by Gasteiger charge is 2.60. The zero-order valence-corrected chi connectivity index (χ0v) is 14.5. The molecule has 0 radical (unpaired) electrons. The van der Waals surface area contributed by atoms with Crippen molar-refractivity contribution in [3.8, 4) is 0 Å². The van der Waals surface area contributed by atoms with E-state index in [2.05, 4.69) is 0 Å². The van der Waals surface area contributed by atoms with Crippen molar-refractivity contribution in [1.82, 2.24) is 4.90 Å². The fourth-order valence-corrected chi connectivity index (χ4v) is 4.02. The summed E-state index contributed by atoms with van der Waals surface area (Å²) in [7, 11) is 0. The monoisotopic (exact) mass is 366 g/mol. The van der Waals surface area contributed by atoms with Crippen LogP contribution >= 0.6 is 0 Å². The number of para-hydroxylation sites is 2. The summed E-state index contributed by atoms with van der Waals surface area (Å²) in [6, 6.07) is 16.4. The van der Waals surface area contributed by atoms with Crippen LogP contribution in [0.2, 0.25) is 0 Å². The number of carbonyl (C=O) groups is 2. The van der Waals surface area contributed by atoms with Crippen LogP contribution in [0.15, 0.2) is 60.7 Å². The first-order valence-electron chi connectivity index (χ1n) is 8.72. The predicted molar refractivity (Wildman–Crippen MR) is 99.2 cm³/mol. The lowest BCUT2D eigenvalue weighted by Crippen LogP contribution is -2.74. The van der Waals surface area contributed by atoms with Gasteiger partial charge in [0.1, 0.15) is 0 Å². The van der Waals surface area contributed by atoms with E-state index in [9.17, 15) is 19.7 Å². The first kappa shape index (κ1) is 17.0. The Labute approximate surface area is 155 Å². The minimum atomic E-state index is -1.29. The van der Waals surface area contributed by atoms with Gasteiger partial charge in [-0.15, -0.1) is 0 Å². The summed E-state index contributed by atoms with van der Waals surface area (Å²) < 4.78 is 0. The van der Waals surface area contributed by atoms with Crippen molar-refractivity contribution in [3.05, 3.63) is 70.8 Å². The smallest absolute Gasteiger partial charge is 0.294 e. The lowest BCUT2D eigenvalue weighted by molar-refractivity contribution is -0.493. The summed E-state index contributed by atoms with van der Waals surface area (Å²) in [6.45, 7) is -0.144. The molecule has 2 aliphatic heterocycles. The van der Waals surface area contributed by atoms with E-state index in [1.807, 2.05) is 6.07 Å². The van der Waals surface area contributed by atoms with Gasteiger partial charge in [0, 0.05) is 17.2 Å². The minimum absolute atomic E-state index is 0.364. The van der Waals surface area contributed by atoms with Gasteiger partial charge in [0.2, 0.25) is 6.54 Å². The van der Waals surface area contributed by atoms with Gasteiger partial charge in [-0.25, -0.2) is 14.5 Å². The van der Waals surface area contributed by atoms with Gasteiger partial charge in [-0.3, -0.25) is 19.9 Å². The Kier molecular flexibility index (Phi) is 4.02. The molecule has 2 aromatic carbocycles. The molecule has 2 fully saturated rings. The molecule has 2 aromatic rings. The average molecular weight is 366 g/mol. The van der Waals surface area contributed by atoms with Crippen molar-refractivity contribution in [2.45, 2.75) is 18.5 Å². The third-order valence-electron chi connectivity index (χ3n) is 5.09. The highest BCUT2D eigenvalue weighted by Crippen LogP contribution is 2.42. The molecular weight excluding hydrogens is 348 g/mol. The Morgan fingerprint density at radius 2 is 1.52 bits per heavy atom. The normalized spacial score (nSPS) is 22.1. The Morgan fingerprint density at radius 3 is 2.11 bits per heavy atom. The summed E-state index contributed by atoms with van der Waals surface area (Å²) in [5.41, 5.74) is -0.315. The molecule has 4 rings (SSSR count). The molecule has 8 heteroatoms. The Balaban J connectivity index is 1.89. The highest BCUT2D eigenvalue weighted by molar-refractivity contribution is 6.21. The van der Waals surface area contributed by atoms with Crippen molar-refractivity contribution in [2.24, 2.45) is 0 Å². The predicted octanol–water partition coefficient (Wildman–Crippen LogP) is 3.32. The number of rotatable bonds is 4. The SMILES string of the molecule is O=C1N(c2ccccc2)C(=O)N(c2ccccc2)[C@@]2(C[N+](=O)[O-])CCCN12. The zero-order valence-electron chi connectivity index (χ0n) is 14.5. The summed E-state index contributed by atoms with van der Waals surface area (Å²) >= 11 is 0. The molecule has 0 N–H and O–H groups in total. The summed E-state index contributed by atoms with van der Waals surface area (Å²) in [5, 5.41) is 11.5. The Morgan fingerprint density at radius 1 is 0.926 bits per heavy atom. The largest absolute Gasteiger partial charge is 0.339 e. The first-order chi connectivity index (χ1) is 13.0. The summed E-state index contributed by atoms with van der Waals surface area (Å²) in [4.78, 5) is 41.6. The van der Waals surface area contributed by atoms with Crippen LogP contribution in [0.25, 0.3) is 0 Å². The molecule has 0 spiro atoms. The van der Waals surface area contributed by atoms with Crippen molar-refractivity contribution in [3.63, 3.8) is 0 Å². The molecule has 0 unspecified atom stereocenters. The number of hydrogen-bond acceptors (Lipinski definition) is 4. The molecular formula is C19H18N4O4. The topological polar surface area (TPSA) is 87.0 Å². The standard InChI is InChI=1S/C19H18N4O4/c24-17-20-13-7-12-19(20,14-21(26)27)23(16-10-5-2-6-11-16)18(25)22(17)15-8-3-1-4-9-15/h1-6,8-11H,7,12-14H2/t19-/m1/s1. The second-order valence-electron chi connectivity index (χ2n) is 6.64. The van der Waals surface area contributed by atoms with Crippen LogP contribution in [0.1, 0.15) is 12.8 Å². The molecule has 2 heterocycles. The number of imide groups is 1. The first-order valence-corrected chi connectivity index (χ1v) is 8.72. The number of fused-ring (bicyclic) bond motifs is 1. The van der Waals surface area contributed by atoms with E-state index >= 15 is 0 Å². The fraction of sp³-hybridized carbons (Fsp3) is 0.263. The van der Waals surface area contributed by atoms with Gasteiger partial charge in [0.15, 0.2) is 5.66 Å². The number of amides is 4. The Bertz CT molecular complexity index is 889. The van der Waals surface area contributed by atoms with Gasteiger partial charge < -0.3 is 0 Å². The van der Waals surface area contributed by atoms with Crippen LogP contribution in [-0.4, -0.2) is 40.6 Å². The van der Waals surface area contributed by atoms with Gasteiger partial charge in [0.05, 0.1) is 5.69 Å². The maximum atomic E-state index is 13.4. The molecule has 1 atom stereocenters. The average Bonchev–Trinajstić information content (AvgIpc) is 3.07. The molecule has 0 bridgehead atoms. The van der Waals surface area contributed by atoms with Gasteiger partial charge in [0.25, 0.3) is 0 Å². The third-order valence-corrected chi connectivity index (χ3v) is 5.09. The molecule has 0 aliphatic carbocycles. The fourth-order valence-electron chi connectivity index (χ4n) is 4.02. The summed E-state index contributed by atoms with van der Waals surface area (Å²) in [6.07, 6.45) is 0.960. The molecule has 2 saturated heterocycles. The van der Waals surface area contributed by atoms with E-state index in [0.29, 0.717) is 30.8 Å². The number of benzene rings is 2. The number of nitrogens with zero attached hydrogens (tertiary/aromatic N) is 4. The molecule has 27 heavy (non-hydrogen) atoms. The molecule has 2 aliphatic rings. The second-order valence-corrected chi connectivity index (χ2v) is 6.64. The third kappa shape index (κ3) is 2.61. The molecule has 8 nitrogen and oxygen atoms in total. The van der Waals surface area contributed by atoms with E-state index in [1.165, 1.54) is 9.80 Å². The number of anilines is 2. The van der Waals surface area contributed by atoms with E-state index in [-0.39, 0.29) is 0 Å². The lowest BCUT2D eigenvalue weighted by atomic mass is 10.0. The van der Waals surface area contributed by atoms with Gasteiger partial charge in [-0.2, -0.15) is 0 Å². The van der Waals surface area contributed by atoms with Crippen LogP contribution in [0.3, 0.4) is 0 Å². The molecule has 0 aromatic heterocycles. The number of hydrogen-bond donors (Lipinski definition) is 0. The van der Waals surface area contributed by atoms with Crippen LogP contribution in [0.5, 0.6) is 0 Å². The van der Waals surface area contributed by atoms with Crippen LogP contribution in [0, 0.1) is 10.1 Å². The quantitative estimate of drug-likeness (QED) is 0.613. The van der Waals surface area contributed by atoms with E-state index < -0.39 is 29.2 Å². The van der Waals surface area contributed by atoms with E-state index in [4.69, 9.17) is 0 Å². The highest BCUT2D eigenvalue weighted by atomic mass is 16.6. The van der Waals surface area contributed by atoms with Gasteiger partial charge in [-0.05, 0) is 37.1 Å². The van der Waals surface area contributed by atoms with Crippen LogP contribution in [-0.2, 0) is 0 Å². The number of nitro groups is 1. The maximum Gasteiger partial charge on any atom is 0.339 e.